The minimum absolute atomic E-state index is 0.823. The molecule has 45 heavy (non-hydrogen) atoms. The third-order valence-electron chi connectivity index (χ3n) is 9.07. The zero-order valence-electron chi connectivity index (χ0n) is 24.6. The van der Waals surface area contributed by atoms with Crippen molar-refractivity contribution < 1.29 is 0 Å². The van der Waals surface area contributed by atoms with Gasteiger partial charge in [0.25, 0.3) is 0 Å². The molecule has 9 rings (SSSR count). The number of hydrogen-bond donors (Lipinski definition) is 0. The number of rotatable bonds is 5. The summed E-state index contributed by atoms with van der Waals surface area (Å²) < 4.78 is 2.16. The van der Waals surface area contributed by atoms with Crippen LogP contribution in [0.2, 0.25) is 0 Å². The van der Waals surface area contributed by atoms with Crippen molar-refractivity contribution in [2.45, 2.75) is 12.8 Å². The van der Waals surface area contributed by atoms with Gasteiger partial charge in [-0.25, -0.2) is 0 Å². The summed E-state index contributed by atoms with van der Waals surface area (Å²) in [7, 11) is 0. The molecule has 5 aromatic carbocycles. The largest absolute Gasteiger partial charge is 0.275 e. The Labute approximate surface area is 261 Å². The van der Waals surface area contributed by atoms with E-state index in [1.165, 1.54) is 49.7 Å². The number of allylic oxidation sites excluding steroid dienone is 2. The van der Waals surface area contributed by atoms with Crippen LogP contribution in [-0.2, 0) is 12.8 Å². The van der Waals surface area contributed by atoms with Gasteiger partial charge < -0.3 is 0 Å². The number of hydrogen-bond acceptors (Lipinski definition) is 3. The van der Waals surface area contributed by atoms with Gasteiger partial charge >= 0.3 is 0 Å². The molecule has 0 amide bonds. The Morgan fingerprint density at radius 1 is 0.467 bits per heavy atom. The normalized spacial score (nSPS) is 13.4. The number of benzene rings is 5. The van der Waals surface area contributed by atoms with Gasteiger partial charge in [-0.2, -0.15) is 0 Å². The summed E-state index contributed by atoms with van der Waals surface area (Å²) in [6.45, 7) is 0. The van der Waals surface area contributed by atoms with E-state index in [0.29, 0.717) is 0 Å². The monoisotopic (exact) mass is 576 g/mol. The average Bonchev–Trinajstić information content (AvgIpc) is 3.57. The first-order valence-corrected chi connectivity index (χ1v) is 15.4. The summed E-state index contributed by atoms with van der Waals surface area (Å²) in [5.41, 5.74) is 13.2. The number of pyridine rings is 1. The highest BCUT2D eigenvalue weighted by molar-refractivity contribution is 6.09. The third-order valence-corrected chi connectivity index (χ3v) is 9.07. The zero-order valence-corrected chi connectivity index (χ0v) is 24.6. The molecule has 2 aromatic heterocycles. The van der Waals surface area contributed by atoms with Crippen molar-refractivity contribution in [1.29, 1.82) is 0 Å². The van der Waals surface area contributed by atoms with Crippen LogP contribution in [0.15, 0.2) is 146 Å². The molecule has 212 valence electrons. The van der Waals surface area contributed by atoms with E-state index < -0.39 is 0 Å². The van der Waals surface area contributed by atoms with Crippen LogP contribution in [0, 0.1) is 0 Å². The lowest BCUT2D eigenvalue weighted by Gasteiger charge is -2.25. The van der Waals surface area contributed by atoms with E-state index in [2.05, 4.69) is 112 Å². The van der Waals surface area contributed by atoms with E-state index >= 15 is 0 Å². The first kappa shape index (κ1) is 25.6. The SMILES string of the molecule is C1=C(c2ccc(-n3c(-c4ccccc4)nnc3-c3ccccc3)cc2)c2ccc3c4c(ccc(c24)C1)C(c1ccccn1)=CC3. The molecule has 0 aliphatic heterocycles. The Morgan fingerprint density at radius 3 is 1.60 bits per heavy atom. The quantitative estimate of drug-likeness (QED) is 0.205. The molecular formula is C41H28N4. The van der Waals surface area contributed by atoms with Crippen LogP contribution in [0.4, 0.5) is 0 Å². The zero-order chi connectivity index (χ0) is 29.7. The Balaban J connectivity index is 1.15. The molecule has 4 heteroatoms. The fourth-order valence-corrected chi connectivity index (χ4v) is 6.98. The topological polar surface area (TPSA) is 43.6 Å². The predicted molar refractivity (Wildman–Crippen MR) is 182 cm³/mol. The Morgan fingerprint density at radius 2 is 1.02 bits per heavy atom. The van der Waals surface area contributed by atoms with E-state index in [1.54, 1.807) is 0 Å². The van der Waals surface area contributed by atoms with Gasteiger partial charge in [-0.15, -0.1) is 10.2 Å². The molecule has 0 atom stereocenters. The molecule has 0 unspecified atom stereocenters. The lowest BCUT2D eigenvalue weighted by molar-refractivity contribution is 1.07. The Kier molecular flexibility index (Phi) is 5.91. The molecule has 0 saturated carbocycles. The molecule has 0 fully saturated rings. The van der Waals surface area contributed by atoms with Crippen molar-refractivity contribution in [3.8, 4) is 28.5 Å². The Hall–Kier alpha value is -5.87. The maximum Gasteiger partial charge on any atom is 0.168 e. The highest BCUT2D eigenvalue weighted by atomic mass is 15.3. The number of nitrogens with zero attached hydrogens (tertiary/aromatic N) is 4. The first-order valence-electron chi connectivity index (χ1n) is 15.4. The van der Waals surface area contributed by atoms with Crippen LogP contribution in [0.1, 0.15) is 33.5 Å². The summed E-state index contributed by atoms with van der Waals surface area (Å²) >= 11 is 0. The standard InChI is InChI=1S/C41H28N4/c1-3-9-30(10-4-1)40-43-44-41(31-11-5-2-6-12-31)45(40)32-20-14-27(15-21-32)33-22-16-28-19-25-36-34(37-13-7-8-26-42-37)23-17-29-18-24-35(33)38(28)39(29)36/h1-15,18-26H,16-17H2. The molecule has 2 heterocycles. The summed E-state index contributed by atoms with van der Waals surface area (Å²) in [5.74, 6) is 1.65. The van der Waals surface area contributed by atoms with Crippen molar-refractivity contribution >= 4 is 21.9 Å². The van der Waals surface area contributed by atoms with E-state index in [0.717, 1.165) is 47.0 Å². The van der Waals surface area contributed by atoms with E-state index in [9.17, 15) is 0 Å². The van der Waals surface area contributed by atoms with E-state index in [4.69, 9.17) is 4.98 Å². The van der Waals surface area contributed by atoms with Gasteiger partial charge in [-0.1, -0.05) is 115 Å². The van der Waals surface area contributed by atoms with Crippen molar-refractivity contribution in [2.75, 3.05) is 0 Å². The fraction of sp³-hybridized carbons (Fsp3) is 0.0488. The molecule has 4 nitrogen and oxygen atoms in total. The minimum Gasteiger partial charge on any atom is -0.275 e. The fourth-order valence-electron chi connectivity index (χ4n) is 6.98. The van der Waals surface area contributed by atoms with Gasteiger partial charge in [0.1, 0.15) is 0 Å². The molecule has 7 aromatic rings. The van der Waals surface area contributed by atoms with Gasteiger partial charge in [0.15, 0.2) is 11.6 Å². The molecular weight excluding hydrogens is 548 g/mol. The molecule has 2 aliphatic rings. The highest BCUT2D eigenvalue weighted by Gasteiger charge is 2.24. The van der Waals surface area contributed by atoms with Crippen LogP contribution >= 0.6 is 0 Å². The second-order valence-electron chi connectivity index (χ2n) is 11.6. The summed E-state index contributed by atoms with van der Waals surface area (Å²) in [4.78, 5) is 4.69. The first-order chi connectivity index (χ1) is 22.3. The highest BCUT2D eigenvalue weighted by Crippen LogP contribution is 2.44. The Bertz CT molecular complexity index is 2220. The maximum absolute atomic E-state index is 4.69. The van der Waals surface area contributed by atoms with Crippen LogP contribution in [0.3, 0.4) is 0 Å². The molecule has 0 radical (unpaired) electrons. The predicted octanol–water partition coefficient (Wildman–Crippen LogP) is 9.13. The van der Waals surface area contributed by atoms with Crippen molar-refractivity contribution in [2.24, 2.45) is 0 Å². The average molecular weight is 577 g/mol. The lowest BCUT2D eigenvalue weighted by Crippen LogP contribution is -2.07. The van der Waals surface area contributed by atoms with Crippen LogP contribution in [0.25, 0.3) is 50.4 Å². The molecule has 2 aliphatic carbocycles. The molecule has 0 bridgehead atoms. The minimum atomic E-state index is 0.823. The van der Waals surface area contributed by atoms with Gasteiger partial charge in [0, 0.05) is 28.6 Å². The molecule has 0 spiro atoms. The smallest absolute Gasteiger partial charge is 0.168 e. The maximum atomic E-state index is 4.69. The second-order valence-corrected chi connectivity index (χ2v) is 11.6. The van der Waals surface area contributed by atoms with Gasteiger partial charge in [0.05, 0.1) is 5.69 Å². The molecule has 0 N–H and O–H groups in total. The van der Waals surface area contributed by atoms with Crippen molar-refractivity contribution in [3.63, 3.8) is 0 Å². The summed E-state index contributed by atoms with van der Waals surface area (Å²) in [6, 6.07) is 44.8. The van der Waals surface area contributed by atoms with Gasteiger partial charge in [-0.3, -0.25) is 9.55 Å². The van der Waals surface area contributed by atoms with Crippen LogP contribution in [-0.4, -0.2) is 19.7 Å². The van der Waals surface area contributed by atoms with E-state index in [1.807, 2.05) is 48.7 Å². The van der Waals surface area contributed by atoms with E-state index in [-0.39, 0.29) is 0 Å². The van der Waals surface area contributed by atoms with Crippen molar-refractivity contribution in [1.82, 2.24) is 19.7 Å². The molecule has 0 saturated heterocycles. The van der Waals surface area contributed by atoms with Gasteiger partial charge in [0.2, 0.25) is 0 Å². The summed E-state index contributed by atoms with van der Waals surface area (Å²) in [6.07, 6.45) is 8.43. The van der Waals surface area contributed by atoms with Crippen LogP contribution in [0.5, 0.6) is 0 Å². The summed E-state index contributed by atoms with van der Waals surface area (Å²) in [5, 5.41) is 12.1. The third kappa shape index (κ3) is 4.18. The van der Waals surface area contributed by atoms with Crippen molar-refractivity contribution in [3.05, 3.63) is 179 Å². The van der Waals surface area contributed by atoms with Gasteiger partial charge in [-0.05, 0) is 81.3 Å². The lowest BCUT2D eigenvalue weighted by atomic mass is 9.78. The second kappa shape index (κ2) is 10.4. The van der Waals surface area contributed by atoms with Crippen LogP contribution < -0.4 is 0 Å². The number of aromatic nitrogens is 4.